The fraction of sp³-hybridized carbons (Fsp3) is 0.143. The maximum atomic E-state index is 13.4. The highest BCUT2D eigenvalue weighted by Crippen LogP contribution is 2.15. The standard InChI is InChI=1S/C14H12FNO3/c1-9-11(14(17)18)6-7-13(16-9)19-8-10-4-2-3-5-12(10)15/h2-7H,8H2,1H3,(H,17,18). The molecular weight excluding hydrogens is 249 g/mol. The van der Waals surface area contributed by atoms with E-state index in [4.69, 9.17) is 9.84 Å². The van der Waals surface area contributed by atoms with Crippen LogP contribution in [0.2, 0.25) is 0 Å². The van der Waals surface area contributed by atoms with Crippen molar-refractivity contribution < 1.29 is 19.0 Å². The summed E-state index contributed by atoms with van der Waals surface area (Å²) in [6.07, 6.45) is 0. The summed E-state index contributed by atoms with van der Waals surface area (Å²) in [7, 11) is 0. The predicted molar refractivity (Wildman–Crippen MR) is 66.7 cm³/mol. The number of rotatable bonds is 4. The van der Waals surface area contributed by atoms with Crippen LogP contribution in [-0.4, -0.2) is 16.1 Å². The molecule has 0 aliphatic carbocycles. The lowest BCUT2D eigenvalue weighted by molar-refractivity contribution is 0.0695. The van der Waals surface area contributed by atoms with Crippen LogP contribution in [0, 0.1) is 12.7 Å². The maximum absolute atomic E-state index is 13.4. The molecule has 1 aromatic carbocycles. The molecule has 0 saturated carbocycles. The number of ether oxygens (including phenoxy) is 1. The summed E-state index contributed by atoms with van der Waals surface area (Å²) in [4.78, 5) is 14.8. The number of carboxylic acids is 1. The summed E-state index contributed by atoms with van der Waals surface area (Å²) >= 11 is 0. The van der Waals surface area contributed by atoms with Gasteiger partial charge < -0.3 is 9.84 Å². The van der Waals surface area contributed by atoms with Gasteiger partial charge in [0.25, 0.3) is 0 Å². The molecule has 0 radical (unpaired) electrons. The van der Waals surface area contributed by atoms with Crippen LogP contribution in [0.1, 0.15) is 21.6 Å². The van der Waals surface area contributed by atoms with E-state index >= 15 is 0 Å². The van der Waals surface area contributed by atoms with Gasteiger partial charge in [-0.1, -0.05) is 18.2 Å². The van der Waals surface area contributed by atoms with Gasteiger partial charge in [0.1, 0.15) is 12.4 Å². The predicted octanol–water partition coefficient (Wildman–Crippen LogP) is 2.81. The monoisotopic (exact) mass is 261 g/mol. The van der Waals surface area contributed by atoms with E-state index in [2.05, 4.69) is 4.98 Å². The van der Waals surface area contributed by atoms with Gasteiger partial charge in [0.2, 0.25) is 5.88 Å². The molecule has 19 heavy (non-hydrogen) atoms. The molecule has 0 amide bonds. The molecule has 0 spiro atoms. The number of aromatic nitrogens is 1. The van der Waals surface area contributed by atoms with Gasteiger partial charge in [-0.3, -0.25) is 0 Å². The zero-order valence-electron chi connectivity index (χ0n) is 10.3. The van der Waals surface area contributed by atoms with Crippen molar-refractivity contribution >= 4 is 5.97 Å². The van der Waals surface area contributed by atoms with Crippen molar-refractivity contribution in [2.75, 3.05) is 0 Å². The first-order valence-corrected chi connectivity index (χ1v) is 5.65. The minimum Gasteiger partial charge on any atom is -0.478 e. The lowest BCUT2D eigenvalue weighted by Crippen LogP contribution is -2.04. The van der Waals surface area contributed by atoms with Crippen molar-refractivity contribution in [1.29, 1.82) is 0 Å². The molecule has 0 aliphatic heterocycles. The first-order chi connectivity index (χ1) is 9.08. The van der Waals surface area contributed by atoms with Crippen LogP contribution >= 0.6 is 0 Å². The summed E-state index contributed by atoms with van der Waals surface area (Å²) in [5.74, 6) is -1.11. The molecule has 5 heteroatoms. The lowest BCUT2D eigenvalue weighted by Gasteiger charge is -2.08. The largest absolute Gasteiger partial charge is 0.478 e. The van der Waals surface area contributed by atoms with Crippen molar-refractivity contribution in [1.82, 2.24) is 4.98 Å². The quantitative estimate of drug-likeness (QED) is 0.919. The highest BCUT2D eigenvalue weighted by atomic mass is 19.1. The minimum absolute atomic E-state index is 0.0472. The normalized spacial score (nSPS) is 10.2. The van der Waals surface area contributed by atoms with Gasteiger partial charge in [0, 0.05) is 11.6 Å². The molecule has 0 atom stereocenters. The Morgan fingerprint density at radius 2 is 2.05 bits per heavy atom. The molecule has 0 fully saturated rings. The van der Waals surface area contributed by atoms with Crippen molar-refractivity contribution in [2.45, 2.75) is 13.5 Å². The van der Waals surface area contributed by atoms with Crippen molar-refractivity contribution in [2.24, 2.45) is 0 Å². The van der Waals surface area contributed by atoms with E-state index in [9.17, 15) is 9.18 Å². The molecule has 2 aromatic rings. The SMILES string of the molecule is Cc1nc(OCc2ccccc2F)ccc1C(=O)O. The van der Waals surface area contributed by atoms with E-state index in [1.807, 2.05) is 0 Å². The molecule has 0 saturated heterocycles. The Morgan fingerprint density at radius 3 is 2.68 bits per heavy atom. The molecule has 0 aliphatic rings. The second-order valence-electron chi connectivity index (χ2n) is 3.97. The van der Waals surface area contributed by atoms with E-state index in [1.165, 1.54) is 18.2 Å². The number of carbonyl (C=O) groups is 1. The Hall–Kier alpha value is -2.43. The number of halogens is 1. The van der Waals surface area contributed by atoms with Crippen LogP contribution in [0.3, 0.4) is 0 Å². The average Bonchev–Trinajstić information content (AvgIpc) is 2.37. The topological polar surface area (TPSA) is 59.4 Å². The average molecular weight is 261 g/mol. The molecule has 0 unspecified atom stereocenters. The van der Waals surface area contributed by atoms with Crippen molar-refractivity contribution in [3.8, 4) is 5.88 Å². The van der Waals surface area contributed by atoms with Gasteiger partial charge in [0.05, 0.1) is 11.3 Å². The van der Waals surface area contributed by atoms with Crippen LogP contribution in [0.15, 0.2) is 36.4 Å². The number of hydrogen-bond donors (Lipinski definition) is 1. The fourth-order valence-electron chi connectivity index (χ4n) is 1.61. The van der Waals surface area contributed by atoms with Crippen molar-refractivity contribution in [3.63, 3.8) is 0 Å². The van der Waals surface area contributed by atoms with Crippen LogP contribution in [0.5, 0.6) is 5.88 Å². The molecule has 2 rings (SSSR count). The van der Waals surface area contributed by atoms with Gasteiger partial charge in [-0.2, -0.15) is 0 Å². The fourth-order valence-corrected chi connectivity index (χ4v) is 1.61. The third-order valence-electron chi connectivity index (χ3n) is 2.62. The number of aromatic carboxylic acids is 1. The van der Waals surface area contributed by atoms with Gasteiger partial charge in [-0.05, 0) is 19.1 Å². The van der Waals surface area contributed by atoms with Crippen LogP contribution < -0.4 is 4.74 Å². The first kappa shape index (κ1) is 13.0. The van der Waals surface area contributed by atoms with Gasteiger partial charge in [-0.25, -0.2) is 14.2 Å². The maximum Gasteiger partial charge on any atom is 0.337 e. The molecule has 1 heterocycles. The van der Waals surface area contributed by atoms with Crippen LogP contribution in [-0.2, 0) is 6.61 Å². The minimum atomic E-state index is -1.04. The van der Waals surface area contributed by atoms with E-state index in [1.54, 1.807) is 25.1 Å². The third kappa shape index (κ3) is 3.07. The number of hydrogen-bond acceptors (Lipinski definition) is 3. The number of nitrogens with zero attached hydrogens (tertiary/aromatic N) is 1. The molecule has 0 bridgehead atoms. The molecule has 4 nitrogen and oxygen atoms in total. The Morgan fingerprint density at radius 1 is 1.32 bits per heavy atom. The molecular formula is C14H12FNO3. The highest BCUT2D eigenvalue weighted by molar-refractivity contribution is 5.88. The van der Waals surface area contributed by atoms with Gasteiger partial charge in [0.15, 0.2) is 0 Å². The molecule has 1 N–H and O–H groups in total. The third-order valence-corrected chi connectivity index (χ3v) is 2.62. The summed E-state index contributed by atoms with van der Waals surface area (Å²) < 4.78 is 18.7. The van der Waals surface area contributed by atoms with E-state index in [0.29, 0.717) is 11.3 Å². The zero-order valence-corrected chi connectivity index (χ0v) is 10.3. The van der Waals surface area contributed by atoms with Crippen molar-refractivity contribution in [3.05, 3.63) is 59.0 Å². The second-order valence-corrected chi connectivity index (χ2v) is 3.97. The lowest BCUT2D eigenvalue weighted by atomic mass is 10.2. The number of pyridine rings is 1. The molecule has 98 valence electrons. The molecule has 1 aromatic heterocycles. The van der Waals surface area contributed by atoms with E-state index in [0.717, 1.165) is 0 Å². The Bertz CT molecular complexity index is 613. The van der Waals surface area contributed by atoms with Gasteiger partial charge >= 0.3 is 5.97 Å². The summed E-state index contributed by atoms with van der Waals surface area (Å²) in [6.45, 7) is 1.63. The smallest absolute Gasteiger partial charge is 0.337 e. The Kier molecular flexibility index (Phi) is 3.75. The highest BCUT2D eigenvalue weighted by Gasteiger charge is 2.09. The number of carboxylic acid groups (broad SMARTS) is 1. The summed E-state index contributed by atoms with van der Waals surface area (Å²) in [5, 5.41) is 8.87. The van der Waals surface area contributed by atoms with E-state index < -0.39 is 5.97 Å². The number of benzene rings is 1. The Labute approximate surface area is 109 Å². The Balaban J connectivity index is 2.11. The second kappa shape index (κ2) is 5.48. The number of aryl methyl sites for hydroxylation is 1. The first-order valence-electron chi connectivity index (χ1n) is 5.65. The van der Waals surface area contributed by atoms with Crippen LogP contribution in [0.25, 0.3) is 0 Å². The summed E-state index contributed by atoms with van der Waals surface area (Å²) in [6, 6.07) is 9.16. The van der Waals surface area contributed by atoms with Gasteiger partial charge in [-0.15, -0.1) is 0 Å². The summed E-state index contributed by atoms with van der Waals surface area (Å²) in [5.41, 5.74) is 0.904. The van der Waals surface area contributed by atoms with E-state index in [-0.39, 0.29) is 23.9 Å². The zero-order chi connectivity index (χ0) is 13.8. The van der Waals surface area contributed by atoms with Crippen LogP contribution in [0.4, 0.5) is 4.39 Å².